The number of ether oxygens (including phenoxy) is 2. The fourth-order valence-corrected chi connectivity index (χ4v) is 2.78. The van der Waals surface area contributed by atoms with Crippen molar-refractivity contribution in [1.82, 2.24) is 10.6 Å². The molecule has 0 amide bonds. The average Bonchev–Trinajstić information content (AvgIpc) is 2.45. The van der Waals surface area contributed by atoms with Crippen molar-refractivity contribution in [2.24, 2.45) is 5.41 Å². The van der Waals surface area contributed by atoms with E-state index in [1.807, 2.05) is 12.1 Å². The first-order chi connectivity index (χ1) is 9.56. The monoisotopic (exact) mass is 278 g/mol. The van der Waals surface area contributed by atoms with Gasteiger partial charge in [0.05, 0.1) is 14.2 Å². The number of hydrogen-bond acceptors (Lipinski definition) is 4. The molecule has 0 saturated carbocycles. The molecule has 0 aliphatic carbocycles. The standard InChI is InChI=1S/C16H26N2O2/c1-16(2)11-17-8-7-15(16)18-10-12-5-6-13(19-3)9-14(12)20-4/h5-6,9,15,17-18H,7-8,10-11H2,1-4H3. The molecule has 4 nitrogen and oxygen atoms in total. The van der Waals surface area contributed by atoms with Gasteiger partial charge < -0.3 is 20.1 Å². The first kappa shape index (κ1) is 15.1. The average molecular weight is 278 g/mol. The lowest BCUT2D eigenvalue weighted by Gasteiger charge is -2.39. The number of methoxy groups -OCH3 is 2. The van der Waals surface area contributed by atoms with Gasteiger partial charge in [0.25, 0.3) is 0 Å². The molecule has 1 aromatic rings. The van der Waals surface area contributed by atoms with Crippen molar-refractivity contribution in [3.63, 3.8) is 0 Å². The minimum atomic E-state index is 0.276. The van der Waals surface area contributed by atoms with Crippen molar-refractivity contribution in [3.05, 3.63) is 23.8 Å². The highest BCUT2D eigenvalue weighted by molar-refractivity contribution is 5.40. The van der Waals surface area contributed by atoms with Crippen LogP contribution in [0.2, 0.25) is 0 Å². The van der Waals surface area contributed by atoms with E-state index in [9.17, 15) is 0 Å². The highest BCUT2D eigenvalue weighted by atomic mass is 16.5. The van der Waals surface area contributed by atoms with Crippen LogP contribution in [0.4, 0.5) is 0 Å². The molecule has 1 fully saturated rings. The van der Waals surface area contributed by atoms with Gasteiger partial charge in [0.2, 0.25) is 0 Å². The molecule has 0 radical (unpaired) electrons. The van der Waals surface area contributed by atoms with Crippen LogP contribution < -0.4 is 20.1 Å². The van der Waals surface area contributed by atoms with E-state index in [-0.39, 0.29) is 5.41 Å². The van der Waals surface area contributed by atoms with Crippen LogP contribution in [0.15, 0.2) is 18.2 Å². The molecule has 1 saturated heterocycles. The van der Waals surface area contributed by atoms with Gasteiger partial charge in [-0.2, -0.15) is 0 Å². The Labute approximate surface area is 121 Å². The minimum absolute atomic E-state index is 0.276. The van der Waals surface area contributed by atoms with Crippen LogP contribution >= 0.6 is 0 Å². The van der Waals surface area contributed by atoms with Crippen LogP contribution in [0.5, 0.6) is 11.5 Å². The van der Waals surface area contributed by atoms with Crippen LogP contribution in [0.1, 0.15) is 25.8 Å². The Bertz CT molecular complexity index is 446. The summed E-state index contributed by atoms with van der Waals surface area (Å²) in [5.74, 6) is 1.70. The lowest BCUT2D eigenvalue weighted by atomic mass is 9.80. The highest BCUT2D eigenvalue weighted by Crippen LogP contribution is 2.28. The van der Waals surface area contributed by atoms with E-state index >= 15 is 0 Å². The van der Waals surface area contributed by atoms with Gasteiger partial charge in [0.1, 0.15) is 11.5 Å². The van der Waals surface area contributed by atoms with E-state index in [4.69, 9.17) is 9.47 Å². The second kappa shape index (κ2) is 6.46. The molecule has 2 N–H and O–H groups in total. The molecule has 1 heterocycles. The zero-order valence-corrected chi connectivity index (χ0v) is 13.0. The van der Waals surface area contributed by atoms with E-state index < -0.39 is 0 Å². The van der Waals surface area contributed by atoms with E-state index in [1.165, 1.54) is 5.56 Å². The molecular weight excluding hydrogens is 252 g/mol. The lowest BCUT2D eigenvalue weighted by molar-refractivity contribution is 0.183. The number of hydrogen-bond donors (Lipinski definition) is 2. The number of nitrogens with one attached hydrogen (secondary N) is 2. The zero-order chi connectivity index (χ0) is 14.6. The number of piperidine rings is 1. The Balaban J connectivity index is 2.03. The van der Waals surface area contributed by atoms with Crippen molar-refractivity contribution in [3.8, 4) is 11.5 Å². The van der Waals surface area contributed by atoms with Gasteiger partial charge in [-0.25, -0.2) is 0 Å². The predicted octanol–water partition coefficient (Wildman–Crippen LogP) is 2.18. The van der Waals surface area contributed by atoms with Crippen molar-refractivity contribution >= 4 is 0 Å². The highest BCUT2D eigenvalue weighted by Gasteiger charge is 2.31. The second-order valence-electron chi connectivity index (χ2n) is 6.07. The van der Waals surface area contributed by atoms with Gasteiger partial charge in [-0.3, -0.25) is 0 Å². The predicted molar refractivity (Wildman–Crippen MR) is 81.4 cm³/mol. The summed E-state index contributed by atoms with van der Waals surface area (Å²) in [6.07, 6.45) is 1.16. The SMILES string of the molecule is COc1ccc(CNC2CCNCC2(C)C)c(OC)c1. The summed E-state index contributed by atoms with van der Waals surface area (Å²) in [4.78, 5) is 0. The van der Waals surface area contributed by atoms with Crippen LogP contribution in [-0.2, 0) is 6.54 Å². The maximum atomic E-state index is 5.45. The van der Waals surface area contributed by atoms with Crippen LogP contribution in [0.25, 0.3) is 0 Å². The largest absolute Gasteiger partial charge is 0.497 e. The molecule has 0 bridgehead atoms. The van der Waals surface area contributed by atoms with Gasteiger partial charge in [-0.05, 0) is 24.4 Å². The molecule has 1 atom stereocenters. The third-order valence-electron chi connectivity index (χ3n) is 4.17. The van der Waals surface area contributed by atoms with E-state index in [0.29, 0.717) is 6.04 Å². The van der Waals surface area contributed by atoms with Crippen LogP contribution in [0.3, 0.4) is 0 Å². The summed E-state index contributed by atoms with van der Waals surface area (Å²) in [5, 5.41) is 7.14. The van der Waals surface area contributed by atoms with Crippen LogP contribution in [-0.4, -0.2) is 33.4 Å². The Morgan fingerprint density at radius 1 is 1.30 bits per heavy atom. The fraction of sp³-hybridized carbons (Fsp3) is 0.625. The zero-order valence-electron chi connectivity index (χ0n) is 13.0. The molecule has 1 aliphatic rings. The molecule has 4 heteroatoms. The quantitative estimate of drug-likeness (QED) is 0.866. The topological polar surface area (TPSA) is 42.5 Å². The summed E-state index contributed by atoms with van der Waals surface area (Å²) < 4.78 is 10.7. The van der Waals surface area contributed by atoms with Crippen molar-refractivity contribution < 1.29 is 9.47 Å². The Morgan fingerprint density at radius 2 is 2.10 bits per heavy atom. The van der Waals surface area contributed by atoms with E-state index in [0.717, 1.165) is 37.6 Å². The van der Waals surface area contributed by atoms with Gasteiger partial charge in [-0.1, -0.05) is 19.9 Å². The van der Waals surface area contributed by atoms with Gasteiger partial charge in [0.15, 0.2) is 0 Å². The normalized spacial score (nSPS) is 21.5. The number of benzene rings is 1. The molecule has 20 heavy (non-hydrogen) atoms. The molecule has 1 aliphatic heterocycles. The summed E-state index contributed by atoms with van der Waals surface area (Å²) in [7, 11) is 3.37. The van der Waals surface area contributed by atoms with Crippen molar-refractivity contribution in [2.45, 2.75) is 32.9 Å². The van der Waals surface area contributed by atoms with Crippen LogP contribution in [0, 0.1) is 5.41 Å². The third-order valence-corrected chi connectivity index (χ3v) is 4.17. The Kier molecular flexibility index (Phi) is 4.89. The fourth-order valence-electron chi connectivity index (χ4n) is 2.78. The lowest BCUT2D eigenvalue weighted by Crippen LogP contribution is -2.52. The molecule has 2 rings (SSSR count). The Hall–Kier alpha value is -1.26. The maximum Gasteiger partial charge on any atom is 0.127 e. The van der Waals surface area contributed by atoms with Gasteiger partial charge in [-0.15, -0.1) is 0 Å². The van der Waals surface area contributed by atoms with E-state index in [2.05, 4.69) is 30.5 Å². The summed E-state index contributed by atoms with van der Waals surface area (Å²) in [6, 6.07) is 6.51. The third kappa shape index (κ3) is 3.44. The second-order valence-corrected chi connectivity index (χ2v) is 6.07. The maximum absolute atomic E-state index is 5.45. The minimum Gasteiger partial charge on any atom is -0.497 e. The van der Waals surface area contributed by atoms with Crippen molar-refractivity contribution in [1.29, 1.82) is 0 Å². The summed E-state index contributed by atoms with van der Waals surface area (Å²) >= 11 is 0. The molecule has 1 aromatic carbocycles. The molecule has 0 aromatic heterocycles. The summed E-state index contributed by atoms with van der Waals surface area (Å²) in [5.41, 5.74) is 1.44. The first-order valence-electron chi connectivity index (χ1n) is 7.22. The van der Waals surface area contributed by atoms with Gasteiger partial charge in [0, 0.05) is 30.8 Å². The molecule has 1 unspecified atom stereocenters. The first-order valence-corrected chi connectivity index (χ1v) is 7.22. The Morgan fingerprint density at radius 3 is 2.75 bits per heavy atom. The molecular formula is C16H26N2O2. The smallest absolute Gasteiger partial charge is 0.127 e. The molecule has 112 valence electrons. The molecule has 0 spiro atoms. The van der Waals surface area contributed by atoms with E-state index in [1.54, 1.807) is 14.2 Å². The number of rotatable bonds is 5. The van der Waals surface area contributed by atoms with Crippen molar-refractivity contribution in [2.75, 3.05) is 27.3 Å². The summed E-state index contributed by atoms with van der Waals surface area (Å²) in [6.45, 7) is 7.58. The van der Waals surface area contributed by atoms with Gasteiger partial charge >= 0.3 is 0 Å².